The van der Waals surface area contributed by atoms with E-state index >= 15 is 0 Å². The molecular formula is C11H21NO2. The molecule has 0 aliphatic carbocycles. The maximum Gasteiger partial charge on any atom is 0.0700 e. The highest BCUT2D eigenvalue weighted by atomic mass is 16.5. The topological polar surface area (TPSA) is 30.5 Å². The minimum Gasteiger partial charge on any atom is -0.382 e. The van der Waals surface area contributed by atoms with Crippen molar-refractivity contribution in [1.29, 1.82) is 0 Å². The lowest BCUT2D eigenvalue weighted by Crippen LogP contribution is -2.26. The summed E-state index contributed by atoms with van der Waals surface area (Å²) in [6.45, 7) is 2.09. The molecule has 0 fully saturated rings. The van der Waals surface area contributed by atoms with E-state index in [0.717, 1.165) is 25.9 Å². The van der Waals surface area contributed by atoms with Crippen LogP contribution in [0.1, 0.15) is 19.3 Å². The minimum atomic E-state index is 0.466. The van der Waals surface area contributed by atoms with Crippen LogP contribution in [0.3, 0.4) is 0 Å². The number of ether oxygens (including phenoxy) is 2. The Morgan fingerprint density at radius 1 is 1.29 bits per heavy atom. The smallest absolute Gasteiger partial charge is 0.0700 e. The van der Waals surface area contributed by atoms with Crippen molar-refractivity contribution in [3.8, 4) is 12.3 Å². The van der Waals surface area contributed by atoms with Crippen LogP contribution < -0.4 is 5.32 Å². The second kappa shape index (κ2) is 10.5. The molecule has 0 spiro atoms. The van der Waals surface area contributed by atoms with Gasteiger partial charge >= 0.3 is 0 Å². The van der Waals surface area contributed by atoms with Crippen LogP contribution in [0.25, 0.3) is 0 Å². The van der Waals surface area contributed by atoms with Crippen molar-refractivity contribution in [3.05, 3.63) is 0 Å². The van der Waals surface area contributed by atoms with Gasteiger partial charge in [0.15, 0.2) is 0 Å². The monoisotopic (exact) mass is 199 g/mol. The molecule has 0 aliphatic rings. The van der Waals surface area contributed by atoms with Crippen molar-refractivity contribution < 1.29 is 9.47 Å². The highest BCUT2D eigenvalue weighted by Crippen LogP contribution is 2.00. The van der Waals surface area contributed by atoms with E-state index in [2.05, 4.69) is 11.2 Å². The molecule has 3 nitrogen and oxygen atoms in total. The van der Waals surface area contributed by atoms with Gasteiger partial charge in [-0.05, 0) is 19.9 Å². The molecule has 0 saturated heterocycles. The Kier molecular flexibility index (Phi) is 10.1. The van der Waals surface area contributed by atoms with Crippen molar-refractivity contribution >= 4 is 0 Å². The van der Waals surface area contributed by atoms with Crippen molar-refractivity contribution in [2.24, 2.45) is 0 Å². The molecule has 1 unspecified atom stereocenters. The molecule has 0 bridgehead atoms. The van der Waals surface area contributed by atoms with Crippen LogP contribution in [0.15, 0.2) is 0 Å². The first-order valence-corrected chi connectivity index (χ1v) is 5.02. The molecule has 82 valence electrons. The molecule has 0 aromatic rings. The normalized spacial score (nSPS) is 12.4. The quantitative estimate of drug-likeness (QED) is 0.444. The van der Waals surface area contributed by atoms with Gasteiger partial charge in [-0.1, -0.05) is 0 Å². The summed E-state index contributed by atoms with van der Waals surface area (Å²) in [4.78, 5) is 0. The predicted molar refractivity (Wildman–Crippen MR) is 58.2 cm³/mol. The Balaban J connectivity index is 3.29. The second-order valence-electron chi connectivity index (χ2n) is 3.12. The van der Waals surface area contributed by atoms with Crippen molar-refractivity contribution in [2.75, 3.05) is 34.0 Å². The van der Waals surface area contributed by atoms with Crippen molar-refractivity contribution in [1.82, 2.24) is 5.32 Å². The van der Waals surface area contributed by atoms with Crippen molar-refractivity contribution in [3.63, 3.8) is 0 Å². The summed E-state index contributed by atoms with van der Waals surface area (Å²) in [5.74, 6) is 2.64. The lowest BCUT2D eigenvalue weighted by molar-refractivity contribution is 0.0658. The average molecular weight is 199 g/mol. The summed E-state index contributed by atoms with van der Waals surface area (Å²) < 4.78 is 10.2. The first kappa shape index (κ1) is 13.4. The number of terminal acetylenes is 1. The van der Waals surface area contributed by atoms with Gasteiger partial charge in [0, 0.05) is 26.2 Å². The zero-order chi connectivity index (χ0) is 10.6. The van der Waals surface area contributed by atoms with Gasteiger partial charge in [-0.3, -0.25) is 0 Å². The molecule has 0 amide bonds. The molecule has 0 radical (unpaired) electrons. The molecule has 3 heteroatoms. The number of methoxy groups -OCH3 is 1. The van der Waals surface area contributed by atoms with Crippen LogP contribution in [-0.4, -0.2) is 40.0 Å². The Bertz CT molecular complexity index is 154. The molecule has 0 rings (SSSR count). The van der Waals surface area contributed by atoms with E-state index in [0.29, 0.717) is 19.3 Å². The third-order valence-corrected chi connectivity index (χ3v) is 2.09. The standard InChI is InChI=1S/C11H21NO2/c1-4-5-6-11(12-2)7-8-14-10-9-13-3/h1,11-12H,5-10H2,2-3H3. The highest BCUT2D eigenvalue weighted by Gasteiger charge is 2.04. The van der Waals surface area contributed by atoms with Crippen LogP contribution in [0.4, 0.5) is 0 Å². The first-order chi connectivity index (χ1) is 6.85. The Labute approximate surface area is 87.2 Å². The molecule has 1 atom stereocenters. The maximum absolute atomic E-state index is 5.37. The third kappa shape index (κ3) is 8.06. The van der Waals surface area contributed by atoms with Crippen LogP contribution in [-0.2, 0) is 9.47 Å². The van der Waals surface area contributed by atoms with Crippen molar-refractivity contribution in [2.45, 2.75) is 25.3 Å². The van der Waals surface area contributed by atoms with E-state index in [9.17, 15) is 0 Å². The molecular weight excluding hydrogens is 178 g/mol. The summed E-state index contributed by atoms with van der Waals surface area (Å²) in [7, 11) is 3.63. The van der Waals surface area contributed by atoms with E-state index in [1.807, 2.05) is 7.05 Å². The Hall–Kier alpha value is -0.560. The molecule has 0 aliphatic heterocycles. The van der Waals surface area contributed by atoms with Gasteiger partial charge in [-0.15, -0.1) is 12.3 Å². The largest absolute Gasteiger partial charge is 0.382 e. The van der Waals surface area contributed by atoms with Gasteiger partial charge in [0.05, 0.1) is 13.2 Å². The van der Waals surface area contributed by atoms with E-state index < -0.39 is 0 Å². The summed E-state index contributed by atoms with van der Waals surface area (Å²) in [6, 6.07) is 0.466. The number of hydrogen-bond acceptors (Lipinski definition) is 3. The van der Waals surface area contributed by atoms with Gasteiger partial charge in [0.2, 0.25) is 0 Å². The first-order valence-electron chi connectivity index (χ1n) is 5.02. The van der Waals surface area contributed by atoms with E-state index in [4.69, 9.17) is 15.9 Å². The summed E-state index contributed by atoms with van der Waals surface area (Å²) in [5.41, 5.74) is 0. The fourth-order valence-electron chi connectivity index (χ4n) is 1.16. The average Bonchev–Trinajstić information content (AvgIpc) is 2.22. The van der Waals surface area contributed by atoms with Gasteiger partial charge in [0.25, 0.3) is 0 Å². The van der Waals surface area contributed by atoms with Crippen LogP contribution >= 0.6 is 0 Å². The molecule has 1 N–H and O–H groups in total. The van der Waals surface area contributed by atoms with Gasteiger partial charge < -0.3 is 14.8 Å². The fourth-order valence-corrected chi connectivity index (χ4v) is 1.16. The van der Waals surface area contributed by atoms with Gasteiger partial charge in [0.1, 0.15) is 0 Å². The van der Waals surface area contributed by atoms with Gasteiger partial charge in [-0.2, -0.15) is 0 Å². The van der Waals surface area contributed by atoms with E-state index in [1.54, 1.807) is 7.11 Å². The van der Waals surface area contributed by atoms with Crippen LogP contribution in [0, 0.1) is 12.3 Å². The Morgan fingerprint density at radius 2 is 2.07 bits per heavy atom. The van der Waals surface area contributed by atoms with Crippen LogP contribution in [0.2, 0.25) is 0 Å². The van der Waals surface area contributed by atoms with E-state index in [1.165, 1.54) is 0 Å². The Morgan fingerprint density at radius 3 is 2.64 bits per heavy atom. The molecule has 0 aromatic carbocycles. The number of nitrogens with one attached hydrogen (secondary N) is 1. The molecule has 0 heterocycles. The lowest BCUT2D eigenvalue weighted by atomic mass is 10.1. The highest BCUT2D eigenvalue weighted by molar-refractivity contribution is 4.85. The molecule has 14 heavy (non-hydrogen) atoms. The van der Waals surface area contributed by atoms with Crippen LogP contribution in [0.5, 0.6) is 0 Å². The summed E-state index contributed by atoms with van der Waals surface area (Å²) >= 11 is 0. The summed E-state index contributed by atoms with van der Waals surface area (Å²) in [6.07, 6.45) is 8.04. The molecule has 0 aromatic heterocycles. The lowest BCUT2D eigenvalue weighted by Gasteiger charge is -2.14. The zero-order valence-corrected chi connectivity index (χ0v) is 9.21. The zero-order valence-electron chi connectivity index (χ0n) is 9.21. The molecule has 0 saturated carbocycles. The fraction of sp³-hybridized carbons (Fsp3) is 0.818. The second-order valence-corrected chi connectivity index (χ2v) is 3.12. The number of hydrogen-bond donors (Lipinski definition) is 1. The minimum absolute atomic E-state index is 0.466. The van der Waals surface area contributed by atoms with Gasteiger partial charge in [-0.25, -0.2) is 0 Å². The SMILES string of the molecule is C#CCCC(CCOCCOC)NC. The van der Waals surface area contributed by atoms with E-state index in [-0.39, 0.29) is 0 Å². The predicted octanol–water partition coefficient (Wildman–Crippen LogP) is 1.04. The maximum atomic E-state index is 5.37. The number of rotatable bonds is 9. The summed E-state index contributed by atoms with van der Waals surface area (Å²) in [5, 5.41) is 3.22. The third-order valence-electron chi connectivity index (χ3n) is 2.09.